The number of hydrogen-bond acceptors (Lipinski definition) is 3. The van der Waals surface area contributed by atoms with Gasteiger partial charge in [-0.15, -0.1) is 0 Å². The minimum atomic E-state index is -0.500. The van der Waals surface area contributed by atoms with Gasteiger partial charge in [0, 0.05) is 6.08 Å². The largest absolute Gasteiger partial charge is 0.461 e. The Morgan fingerprint density at radius 3 is 2.92 bits per heavy atom. The third-order valence-electron chi connectivity index (χ3n) is 1.16. The molecular weight excluding hydrogens is 154 g/mol. The molecule has 0 heterocycles. The van der Waals surface area contributed by atoms with E-state index in [4.69, 9.17) is 5.26 Å². The molecule has 0 aliphatic rings. The van der Waals surface area contributed by atoms with E-state index in [0.29, 0.717) is 0 Å². The van der Waals surface area contributed by atoms with Crippen molar-refractivity contribution in [2.24, 2.45) is 5.92 Å². The molecule has 0 saturated heterocycles. The molecule has 0 saturated carbocycles. The maximum absolute atomic E-state index is 10.6. The SMILES string of the molecule is C=CC(=O)OCC(C#N)/C=C/C. The van der Waals surface area contributed by atoms with Gasteiger partial charge in [0.15, 0.2) is 0 Å². The van der Waals surface area contributed by atoms with Crippen LogP contribution in [0, 0.1) is 17.2 Å². The van der Waals surface area contributed by atoms with Crippen molar-refractivity contribution in [3.05, 3.63) is 24.8 Å². The van der Waals surface area contributed by atoms with Gasteiger partial charge in [0.2, 0.25) is 0 Å². The summed E-state index contributed by atoms with van der Waals surface area (Å²) < 4.78 is 4.67. The molecule has 0 aliphatic carbocycles. The third-order valence-corrected chi connectivity index (χ3v) is 1.16. The Kier molecular flexibility index (Phi) is 5.37. The number of ether oxygens (including phenoxy) is 1. The molecule has 3 nitrogen and oxygen atoms in total. The Bertz CT molecular complexity index is 225. The molecule has 3 heteroatoms. The Morgan fingerprint density at radius 2 is 2.50 bits per heavy atom. The smallest absolute Gasteiger partial charge is 0.330 e. The second-order valence-electron chi connectivity index (χ2n) is 2.10. The first-order valence-electron chi connectivity index (χ1n) is 3.56. The molecule has 0 spiro atoms. The van der Waals surface area contributed by atoms with Gasteiger partial charge in [0.25, 0.3) is 0 Å². The molecule has 1 unspecified atom stereocenters. The van der Waals surface area contributed by atoms with Crippen molar-refractivity contribution in [1.82, 2.24) is 0 Å². The predicted molar refractivity (Wildman–Crippen MR) is 45.1 cm³/mol. The zero-order valence-electron chi connectivity index (χ0n) is 6.99. The molecule has 0 amide bonds. The van der Waals surface area contributed by atoms with E-state index in [2.05, 4.69) is 11.3 Å². The average molecular weight is 165 g/mol. The van der Waals surface area contributed by atoms with Gasteiger partial charge in [-0.2, -0.15) is 5.26 Å². The molecule has 0 aromatic rings. The number of carbonyl (C=O) groups excluding carboxylic acids is 1. The summed E-state index contributed by atoms with van der Waals surface area (Å²) in [4.78, 5) is 10.6. The van der Waals surface area contributed by atoms with Gasteiger partial charge in [-0.05, 0) is 6.92 Å². The number of allylic oxidation sites excluding steroid dienone is 1. The fourth-order valence-corrected chi connectivity index (χ4v) is 0.599. The first-order chi connectivity index (χ1) is 5.74. The number of rotatable bonds is 4. The molecule has 0 aromatic heterocycles. The van der Waals surface area contributed by atoms with E-state index in [1.807, 2.05) is 6.07 Å². The number of esters is 1. The Morgan fingerprint density at radius 1 is 1.83 bits per heavy atom. The second-order valence-corrected chi connectivity index (χ2v) is 2.10. The molecule has 12 heavy (non-hydrogen) atoms. The van der Waals surface area contributed by atoms with Crippen LogP contribution in [-0.2, 0) is 9.53 Å². The van der Waals surface area contributed by atoms with E-state index in [1.165, 1.54) is 0 Å². The third kappa shape index (κ3) is 4.29. The van der Waals surface area contributed by atoms with Crippen LogP contribution in [0.5, 0.6) is 0 Å². The molecule has 0 fully saturated rings. The molecule has 0 N–H and O–H groups in total. The highest BCUT2D eigenvalue weighted by molar-refractivity contribution is 5.81. The molecule has 0 aliphatic heterocycles. The monoisotopic (exact) mass is 165 g/mol. The van der Waals surface area contributed by atoms with Crippen LogP contribution in [0.4, 0.5) is 0 Å². The van der Waals surface area contributed by atoms with E-state index in [1.54, 1.807) is 19.1 Å². The summed E-state index contributed by atoms with van der Waals surface area (Å²) >= 11 is 0. The second kappa shape index (κ2) is 6.17. The van der Waals surface area contributed by atoms with Gasteiger partial charge in [-0.1, -0.05) is 18.7 Å². The van der Waals surface area contributed by atoms with Crippen molar-refractivity contribution < 1.29 is 9.53 Å². The summed E-state index contributed by atoms with van der Waals surface area (Å²) in [5.41, 5.74) is 0. The van der Waals surface area contributed by atoms with Crippen molar-refractivity contribution in [3.8, 4) is 6.07 Å². The van der Waals surface area contributed by atoms with Crippen molar-refractivity contribution >= 4 is 5.97 Å². The van der Waals surface area contributed by atoms with Gasteiger partial charge in [0.05, 0.1) is 12.0 Å². The Labute approximate surface area is 71.9 Å². The summed E-state index contributed by atoms with van der Waals surface area (Å²) in [6.07, 6.45) is 4.50. The van der Waals surface area contributed by atoms with Gasteiger partial charge < -0.3 is 4.74 Å². The zero-order chi connectivity index (χ0) is 9.40. The zero-order valence-corrected chi connectivity index (χ0v) is 6.99. The predicted octanol–water partition coefficient (Wildman–Crippen LogP) is 1.43. The van der Waals surface area contributed by atoms with Crippen LogP contribution in [0.15, 0.2) is 24.8 Å². The highest BCUT2D eigenvalue weighted by Crippen LogP contribution is 1.98. The van der Waals surface area contributed by atoms with Crippen LogP contribution in [0.2, 0.25) is 0 Å². The summed E-state index contributed by atoms with van der Waals surface area (Å²) in [6, 6.07) is 1.98. The molecule has 0 aromatic carbocycles. The minimum absolute atomic E-state index is 0.0890. The van der Waals surface area contributed by atoms with Gasteiger partial charge in [-0.3, -0.25) is 0 Å². The van der Waals surface area contributed by atoms with Crippen LogP contribution in [0.1, 0.15) is 6.92 Å². The maximum Gasteiger partial charge on any atom is 0.330 e. The molecule has 0 rings (SSSR count). The number of nitriles is 1. The van der Waals surface area contributed by atoms with E-state index in [9.17, 15) is 4.79 Å². The van der Waals surface area contributed by atoms with E-state index in [0.717, 1.165) is 6.08 Å². The lowest BCUT2D eigenvalue weighted by atomic mass is 10.2. The summed E-state index contributed by atoms with van der Waals surface area (Å²) in [5.74, 6) is -0.862. The van der Waals surface area contributed by atoms with Crippen LogP contribution in [0.3, 0.4) is 0 Å². The lowest BCUT2D eigenvalue weighted by Crippen LogP contribution is -2.08. The number of carbonyl (C=O) groups is 1. The molecule has 64 valence electrons. The highest BCUT2D eigenvalue weighted by atomic mass is 16.5. The first-order valence-corrected chi connectivity index (χ1v) is 3.56. The lowest BCUT2D eigenvalue weighted by Gasteiger charge is -2.02. The lowest BCUT2D eigenvalue weighted by molar-refractivity contribution is -0.138. The highest BCUT2D eigenvalue weighted by Gasteiger charge is 2.04. The molecule has 0 radical (unpaired) electrons. The van der Waals surface area contributed by atoms with Crippen molar-refractivity contribution in [2.75, 3.05) is 6.61 Å². The van der Waals surface area contributed by atoms with Crippen LogP contribution in [-0.4, -0.2) is 12.6 Å². The van der Waals surface area contributed by atoms with E-state index >= 15 is 0 Å². The average Bonchev–Trinajstić information content (AvgIpc) is 2.11. The summed E-state index contributed by atoms with van der Waals surface area (Å²) in [5, 5.41) is 8.52. The fourth-order valence-electron chi connectivity index (χ4n) is 0.599. The van der Waals surface area contributed by atoms with E-state index < -0.39 is 5.97 Å². The molecule has 0 bridgehead atoms. The van der Waals surface area contributed by atoms with Crippen molar-refractivity contribution in [1.29, 1.82) is 5.26 Å². The number of nitrogens with zero attached hydrogens (tertiary/aromatic N) is 1. The van der Waals surface area contributed by atoms with Gasteiger partial charge in [0.1, 0.15) is 6.61 Å². The fraction of sp³-hybridized carbons (Fsp3) is 0.333. The first kappa shape index (κ1) is 10.4. The van der Waals surface area contributed by atoms with Gasteiger partial charge >= 0.3 is 5.97 Å². The standard InChI is InChI=1S/C9H11NO2/c1-3-5-8(6-10)7-12-9(11)4-2/h3-5,8H,2,7H2,1H3/b5-3+. The summed E-state index contributed by atoms with van der Waals surface area (Å²) in [7, 11) is 0. The maximum atomic E-state index is 10.6. The Hall–Kier alpha value is -1.56. The Balaban J connectivity index is 3.82. The van der Waals surface area contributed by atoms with Gasteiger partial charge in [-0.25, -0.2) is 4.79 Å². The van der Waals surface area contributed by atoms with E-state index in [-0.39, 0.29) is 12.5 Å². The van der Waals surface area contributed by atoms with Crippen LogP contribution >= 0.6 is 0 Å². The van der Waals surface area contributed by atoms with Crippen LogP contribution < -0.4 is 0 Å². The summed E-state index contributed by atoms with van der Waals surface area (Å²) in [6.45, 7) is 5.13. The number of hydrogen-bond donors (Lipinski definition) is 0. The van der Waals surface area contributed by atoms with Crippen LogP contribution in [0.25, 0.3) is 0 Å². The van der Waals surface area contributed by atoms with Crippen molar-refractivity contribution in [2.45, 2.75) is 6.92 Å². The normalized spacial score (nSPS) is 12.0. The quantitative estimate of drug-likeness (QED) is 0.359. The molecular formula is C9H11NO2. The topological polar surface area (TPSA) is 50.1 Å². The molecule has 1 atom stereocenters. The minimum Gasteiger partial charge on any atom is -0.461 e. The van der Waals surface area contributed by atoms with Crippen molar-refractivity contribution in [3.63, 3.8) is 0 Å².